The van der Waals surface area contributed by atoms with Crippen molar-refractivity contribution in [2.75, 3.05) is 0 Å². The molecule has 0 aliphatic carbocycles. The van der Waals surface area contributed by atoms with Crippen LogP contribution in [0, 0.1) is 13.8 Å². The maximum atomic E-state index is 6.34. The molecule has 1 nitrogen and oxygen atoms in total. The molecule has 0 heterocycles. The summed E-state index contributed by atoms with van der Waals surface area (Å²) < 4.78 is 1.09. The van der Waals surface area contributed by atoms with Crippen LogP contribution in [0.25, 0.3) is 0 Å². The van der Waals surface area contributed by atoms with Crippen LogP contribution >= 0.6 is 39.1 Å². The fourth-order valence-electron chi connectivity index (χ4n) is 2.07. The van der Waals surface area contributed by atoms with Gasteiger partial charge in [-0.1, -0.05) is 45.2 Å². The standard InChI is InChI=1S/C15H14BrCl2N/c1-8-4-14(16)9(2)3-13(8)15(19)10-5-11(17)7-12(18)6-10/h3-7,15H,19H2,1-2H3. The zero-order valence-electron chi connectivity index (χ0n) is 10.7. The molecule has 1 unspecified atom stereocenters. The predicted octanol–water partition coefficient (Wildman–Crippen LogP) is 5.42. The van der Waals surface area contributed by atoms with Gasteiger partial charge < -0.3 is 5.73 Å². The van der Waals surface area contributed by atoms with Gasteiger partial charge in [-0.2, -0.15) is 0 Å². The highest BCUT2D eigenvalue weighted by Gasteiger charge is 2.14. The third-order valence-corrected chi connectivity index (χ3v) is 4.42. The third-order valence-electron chi connectivity index (χ3n) is 3.13. The highest BCUT2D eigenvalue weighted by atomic mass is 79.9. The van der Waals surface area contributed by atoms with Crippen molar-refractivity contribution >= 4 is 39.1 Å². The predicted molar refractivity (Wildman–Crippen MR) is 86.1 cm³/mol. The van der Waals surface area contributed by atoms with E-state index < -0.39 is 0 Å². The first kappa shape index (κ1) is 14.9. The normalized spacial score (nSPS) is 12.5. The molecule has 2 aromatic rings. The van der Waals surface area contributed by atoms with Gasteiger partial charge in [0.1, 0.15) is 0 Å². The molecule has 2 aromatic carbocycles. The van der Waals surface area contributed by atoms with Crippen molar-refractivity contribution < 1.29 is 0 Å². The van der Waals surface area contributed by atoms with Crippen molar-refractivity contribution in [2.24, 2.45) is 5.73 Å². The maximum Gasteiger partial charge on any atom is 0.0555 e. The second-order valence-corrected chi connectivity index (χ2v) is 6.37. The summed E-state index contributed by atoms with van der Waals surface area (Å²) in [5.41, 5.74) is 10.6. The minimum Gasteiger partial charge on any atom is -0.320 e. The van der Waals surface area contributed by atoms with E-state index in [0.29, 0.717) is 10.0 Å². The van der Waals surface area contributed by atoms with Crippen LogP contribution in [-0.2, 0) is 0 Å². The van der Waals surface area contributed by atoms with E-state index in [1.54, 1.807) is 6.07 Å². The van der Waals surface area contributed by atoms with Crippen molar-refractivity contribution in [3.05, 3.63) is 67.1 Å². The highest BCUT2D eigenvalue weighted by molar-refractivity contribution is 9.10. The Balaban J connectivity index is 2.49. The number of rotatable bonds is 2. The monoisotopic (exact) mass is 357 g/mol. The molecular weight excluding hydrogens is 345 g/mol. The summed E-state index contributed by atoms with van der Waals surface area (Å²) in [6.07, 6.45) is 0. The molecule has 2 rings (SSSR count). The lowest BCUT2D eigenvalue weighted by Crippen LogP contribution is -2.13. The second kappa shape index (κ2) is 5.84. The van der Waals surface area contributed by atoms with E-state index in [9.17, 15) is 0 Å². The number of hydrogen-bond acceptors (Lipinski definition) is 1. The van der Waals surface area contributed by atoms with E-state index in [1.165, 1.54) is 0 Å². The fraction of sp³-hybridized carbons (Fsp3) is 0.200. The molecule has 0 aromatic heterocycles. The number of nitrogens with two attached hydrogens (primary N) is 1. The van der Waals surface area contributed by atoms with Gasteiger partial charge in [0.15, 0.2) is 0 Å². The van der Waals surface area contributed by atoms with E-state index in [-0.39, 0.29) is 6.04 Å². The Hall–Kier alpha value is -0.540. The Morgan fingerprint density at radius 1 is 0.947 bits per heavy atom. The van der Waals surface area contributed by atoms with Crippen LogP contribution in [0.2, 0.25) is 10.0 Å². The lowest BCUT2D eigenvalue weighted by Gasteiger charge is -2.17. The van der Waals surface area contributed by atoms with E-state index in [1.807, 2.05) is 26.0 Å². The molecule has 0 bridgehead atoms. The molecule has 1 atom stereocenters. The lowest BCUT2D eigenvalue weighted by molar-refractivity contribution is 0.859. The number of hydrogen-bond donors (Lipinski definition) is 1. The molecule has 0 spiro atoms. The Morgan fingerprint density at radius 3 is 2.11 bits per heavy atom. The maximum absolute atomic E-state index is 6.34. The summed E-state index contributed by atoms with van der Waals surface area (Å²) >= 11 is 15.6. The van der Waals surface area contributed by atoms with Crippen LogP contribution in [-0.4, -0.2) is 0 Å². The summed E-state index contributed by atoms with van der Waals surface area (Å²) in [5.74, 6) is 0. The largest absolute Gasteiger partial charge is 0.320 e. The topological polar surface area (TPSA) is 26.0 Å². The van der Waals surface area contributed by atoms with Gasteiger partial charge in [0.05, 0.1) is 6.04 Å². The van der Waals surface area contributed by atoms with Crippen molar-refractivity contribution in [1.29, 1.82) is 0 Å². The van der Waals surface area contributed by atoms with Gasteiger partial charge in [0.2, 0.25) is 0 Å². The Morgan fingerprint density at radius 2 is 1.53 bits per heavy atom. The van der Waals surface area contributed by atoms with Gasteiger partial charge in [-0.25, -0.2) is 0 Å². The summed E-state index contributed by atoms with van der Waals surface area (Å²) in [4.78, 5) is 0. The summed E-state index contributed by atoms with van der Waals surface area (Å²) in [5, 5.41) is 1.20. The van der Waals surface area contributed by atoms with E-state index in [2.05, 4.69) is 28.1 Å². The van der Waals surface area contributed by atoms with Crippen LogP contribution < -0.4 is 5.73 Å². The molecule has 2 N–H and O–H groups in total. The molecule has 0 saturated carbocycles. The van der Waals surface area contributed by atoms with E-state index in [0.717, 1.165) is 26.7 Å². The number of benzene rings is 2. The minimum atomic E-state index is -0.233. The average Bonchev–Trinajstić information content (AvgIpc) is 2.31. The summed E-state index contributed by atoms with van der Waals surface area (Å²) in [6.45, 7) is 4.09. The molecule has 0 saturated heterocycles. The van der Waals surface area contributed by atoms with Crippen LogP contribution in [0.3, 0.4) is 0 Å². The van der Waals surface area contributed by atoms with Crippen molar-refractivity contribution in [3.8, 4) is 0 Å². The van der Waals surface area contributed by atoms with Gasteiger partial charge in [-0.15, -0.1) is 0 Å². The molecule has 0 amide bonds. The molecule has 0 aliphatic rings. The van der Waals surface area contributed by atoms with Gasteiger partial charge >= 0.3 is 0 Å². The molecule has 4 heteroatoms. The first-order valence-corrected chi connectivity index (χ1v) is 7.41. The van der Waals surface area contributed by atoms with Gasteiger partial charge in [-0.3, -0.25) is 0 Å². The Labute approximate surface area is 131 Å². The first-order chi connectivity index (χ1) is 8.88. The molecule has 19 heavy (non-hydrogen) atoms. The van der Waals surface area contributed by atoms with Gasteiger partial charge in [0, 0.05) is 14.5 Å². The van der Waals surface area contributed by atoms with Crippen molar-refractivity contribution in [3.63, 3.8) is 0 Å². The van der Waals surface area contributed by atoms with Crippen molar-refractivity contribution in [2.45, 2.75) is 19.9 Å². The third kappa shape index (κ3) is 3.32. The molecule has 100 valence electrons. The summed E-state index contributed by atoms with van der Waals surface area (Å²) in [6, 6.07) is 9.36. The summed E-state index contributed by atoms with van der Waals surface area (Å²) in [7, 11) is 0. The quantitative estimate of drug-likeness (QED) is 0.761. The minimum absolute atomic E-state index is 0.233. The Kier molecular flexibility index (Phi) is 4.57. The molecular formula is C15H14BrCl2N. The van der Waals surface area contributed by atoms with Crippen LogP contribution in [0.4, 0.5) is 0 Å². The Bertz CT molecular complexity index is 606. The van der Waals surface area contributed by atoms with Crippen LogP contribution in [0.1, 0.15) is 28.3 Å². The average molecular weight is 359 g/mol. The van der Waals surface area contributed by atoms with Crippen molar-refractivity contribution in [1.82, 2.24) is 0 Å². The molecule has 0 fully saturated rings. The van der Waals surface area contributed by atoms with Crippen LogP contribution in [0.5, 0.6) is 0 Å². The second-order valence-electron chi connectivity index (χ2n) is 4.64. The zero-order valence-corrected chi connectivity index (χ0v) is 13.8. The fourth-order valence-corrected chi connectivity index (χ4v) is 3.07. The number of halogens is 3. The van der Waals surface area contributed by atoms with E-state index >= 15 is 0 Å². The van der Waals surface area contributed by atoms with Gasteiger partial charge in [-0.05, 0) is 60.4 Å². The molecule has 0 aliphatic heterocycles. The first-order valence-electron chi connectivity index (χ1n) is 5.86. The smallest absolute Gasteiger partial charge is 0.0555 e. The molecule has 0 radical (unpaired) electrons. The van der Waals surface area contributed by atoms with Gasteiger partial charge in [0.25, 0.3) is 0 Å². The van der Waals surface area contributed by atoms with E-state index in [4.69, 9.17) is 28.9 Å². The SMILES string of the molecule is Cc1cc(C(N)c2cc(Cl)cc(Cl)c2)c(C)cc1Br. The highest BCUT2D eigenvalue weighted by Crippen LogP contribution is 2.30. The number of aryl methyl sites for hydroxylation is 2. The lowest BCUT2D eigenvalue weighted by atomic mass is 9.94. The van der Waals surface area contributed by atoms with Crippen LogP contribution in [0.15, 0.2) is 34.8 Å². The zero-order chi connectivity index (χ0) is 14.2.